The third-order valence-corrected chi connectivity index (χ3v) is 4.33. The molecule has 0 saturated heterocycles. The van der Waals surface area contributed by atoms with Gasteiger partial charge in [-0.05, 0) is 18.6 Å². The molecule has 2 heterocycles. The minimum Gasteiger partial charge on any atom is -0.347 e. The Morgan fingerprint density at radius 3 is 2.70 bits per heavy atom. The lowest BCUT2D eigenvalue weighted by atomic mass is 10.2. The molecule has 4 N–H and O–H groups in total. The minimum absolute atomic E-state index is 0.111. The molecule has 0 saturated carbocycles. The van der Waals surface area contributed by atoms with Gasteiger partial charge < -0.3 is 10.7 Å². The molecular formula is C12H17N5O2S. The van der Waals surface area contributed by atoms with Crippen LogP contribution in [0.3, 0.4) is 0 Å². The number of imidazole rings is 1. The third-order valence-electron chi connectivity index (χ3n) is 2.87. The van der Waals surface area contributed by atoms with Crippen molar-refractivity contribution < 1.29 is 8.42 Å². The van der Waals surface area contributed by atoms with Crippen LogP contribution in [0.5, 0.6) is 0 Å². The van der Waals surface area contributed by atoms with Gasteiger partial charge in [-0.1, -0.05) is 6.92 Å². The second kappa shape index (κ2) is 6.12. The second-order valence-corrected chi connectivity index (χ2v) is 5.96. The molecule has 8 heteroatoms. The lowest BCUT2D eigenvalue weighted by Crippen LogP contribution is -2.29. The number of aromatic amines is 1. The van der Waals surface area contributed by atoms with Crippen LogP contribution >= 0.6 is 0 Å². The molecule has 0 bridgehead atoms. The average molecular weight is 295 g/mol. The van der Waals surface area contributed by atoms with E-state index in [1.807, 2.05) is 6.92 Å². The van der Waals surface area contributed by atoms with E-state index in [1.54, 1.807) is 18.5 Å². The standard InChI is InChI=1S/C12H17N5O2S/c1-2-11(12-14-5-6-15-12)17-20(18,19)10-4-3-9(7-13)16-8-10/h3-6,8,11,17H,2,7,13H2,1H3,(H,14,15). The molecule has 0 aliphatic carbocycles. The molecule has 0 aliphatic heterocycles. The molecule has 20 heavy (non-hydrogen) atoms. The molecule has 0 aliphatic rings. The molecule has 0 radical (unpaired) electrons. The molecule has 1 atom stereocenters. The van der Waals surface area contributed by atoms with Crippen LogP contribution in [0.4, 0.5) is 0 Å². The maximum Gasteiger partial charge on any atom is 0.242 e. The molecule has 0 fully saturated rings. The van der Waals surface area contributed by atoms with E-state index in [9.17, 15) is 8.42 Å². The Morgan fingerprint density at radius 2 is 2.20 bits per heavy atom. The van der Waals surface area contributed by atoms with E-state index in [4.69, 9.17) is 5.73 Å². The number of pyridine rings is 1. The van der Waals surface area contributed by atoms with E-state index >= 15 is 0 Å². The van der Waals surface area contributed by atoms with Crippen molar-refractivity contribution in [2.45, 2.75) is 30.8 Å². The predicted octanol–water partition coefficient (Wildman–Crippen LogP) is 0.693. The molecule has 7 nitrogen and oxygen atoms in total. The van der Waals surface area contributed by atoms with Crippen LogP contribution in [0.15, 0.2) is 35.6 Å². The molecule has 2 rings (SSSR count). The molecule has 2 aromatic rings. The summed E-state index contributed by atoms with van der Waals surface area (Å²) in [6.07, 6.45) is 5.13. The maximum absolute atomic E-state index is 12.3. The first-order valence-corrected chi connectivity index (χ1v) is 7.71. The fraction of sp³-hybridized carbons (Fsp3) is 0.333. The van der Waals surface area contributed by atoms with Gasteiger partial charge in [0, 0.05) is 25.1 Å². The number of aromatic nitrogens is 3. The Kier molecular flexibility index (Phi) is 4.48. The van der Waals surface area contributed by atoms with E-state index in [0.717, 1.165) is 0 Å². The number of hydrogen-bond donors (Lipinski definition) is 3. The van der Waals surface area contributed by atoms with Gasteiger partial charge in [0.15, 0.2) is 0 Å². The Bertz CT molecular complexity index is 637. The van der Waals surface area contributed by atoms with Gasteiger partial charge in [0.1, 0.15) is 10.7 Å². The topological polar surface area (TPSA) is 114 Å². The molecule has 108 valence electrons. The van der Waals surface area contributed by atoms with Crippen molar-refractivity contribution in [3.05, 3.63) is 42.2 Å². The normalized spacial score (nSPS) is 13.3. The van der Waals surface area contributed by atoms with Gasteiger partial charge in [-0.25, -0.2) is 18.1 Å². The fourth-order valence-electron chi connectivity index (χ4n) is 1.75. The Hall–Kier alpha value is -1.77. The van der Waals surface area contributed by atoms with Crippen LogP contribution in [-0.2, 0) is 16.6 Å². The zero-order chi connectivity index (χ0) is 14.6. The highest BCUT2D eigenvalue weighted by atomic mass is 32.2. The highest BCUT2D eigenvalue weighted by Gasteiger charge is 2.21. The number of rotatable bonds is 6. The quantitative estimate of drug-likeness (QED) is 0.725. The predicted molar refractivity (Wildman–Crippen MR) is 74.1 cm³/mol. The van der Waals surface area contributed by atoms with Crippen LogP contribution < -0.4 is 10.5 Å². The van der Waals surface area contributed by atoms with Crippen molar-refractivity contribution in [1.29, 1.82) is 0 Å². The van der Waals surface area contributed by atoms with Gasteiger partial charge in [0.05, 0.1) is 11.7 Å². The largest absolute Gasteiger partial charge is 0.347 e. The van der Waals surface area contributed by atoms with Crippen molar-refractivity contribution in [3.63, 3.8) is 0 Å². The summed E-state index contributed by atoms with van der Waals surface area (Å²) in [4.78, 5) is 11.1. The first kappa shape index (κ1) is 14.6. The van der Waals surface area contributed by atoms with E-state index in [-0.39, 0.29) is 11.4 Å². The summed E-state index contributed by atoms with van der Waals surface area (Å²) in [7, 11) is -3.64. The van der Waals surface area contributed by atoms with Gasteiger partial charge >= 0.3 is 0 Å². The summed E-state index contributed by atoms with van der Waals surface area (Å²) >= 11 is 0. The van der Waals surface area contributed by atoms with Gasteiger partial charge in [0.25, 0.3) is 0 Å². The van der Waals surface area contributed by atoms with Crippen LogP contribution in [0.25, 0.3) is 0 Å². The molecule has 0 spiro atoms. The van der Waals surface area contributed by atoms with E-state index in [1.165, 1.54) is 12.3 Å². The van der Waals surface area contributed by atoms with E-state index < -0.39 is 16.1 Å². The summed E-state index contributed by atoms with van der Waals surface area (Å²) in [5.41, 5.74) is 6.08. The number of H-pyrrole nitrogens is 1. The molecule has 0 amide bonds. The van der Waals surface area contributed by atoms with Crippen molar-refractivity contribution in [1.82, 2.24) is 19.7 Å². The Labute approximate surface area is 117 Å². The number of hydrogen-bond acceptors (Lipinski definition) is 5. The fourth-order valence-corrected chi connectivity index (χ4v) is 2.97. The van der Waals surface area contributed by atoms with Gasteiger partial charge in [-0.15, -0.1) is 0 Å². The van der Waals surface area contributed by atoms with Gasteiger partial charge in [-0.3, -0.25) is 4.98 Å². The Morgan fingerprint density at radius 1 is 1.40 bits per heavy atom. The van der Waals surface area contributed by atoms with Crippen LogP contribution in [-0.4, -0.2) is 23.4 Å². The first-order valence-electron chi connectivity index (χ1n) is 6.23. The number of sulfonamides is 1. The van der Waals surface area contributed by atoms with Crippen molar-refractivity contribution in [2.24, 2.45) is 5.73 Å². The first-order chi connectivity index (χ1) is 9.56. The van der Waals surface area contributed by atoms with Crippen LogP contribution in [0.2, 0.25) is 0 Å². The van der Waals surface area contributed by atoms with E-state index in [2.05, 4.69) is 19.7 Å². The smallest absolute Gasteiger partial charge is 0.242 e. The maximum atomic E-state index is 12.3. The molecule has 1 unspecified atom stereocenters. The average Bonchev–Trinajstić information content (AvgIpc) is 2.99. The summed E-state index contributed by atoms with van der Waals surface area (Å²) in [5, 5.41) is 0. The van der Waals surface area contributed by atoms with Crippen LogP contribution in [0.1, 0.15) is 30.9 Å². The second-order valence-electron chi connectivity index (χ2n) is 4.25. The summed E-state index contributed by atoms with van der Waals surface area (Å²) in [5.74, 6) is 0.586. The summed E-state index contributed by atoms with van der Waals surface area (Å²) in [6.45, 7) is 2.16. The number of nitrogens with zero attached hydrogens (tertiary/aromatic N) is 2. The molecule has 0 aromatic carbocycles. The zero-order valence-electron chi connectivity index (χ0n) is 11.1. The van der Waals surface area contributed by atoms with Crippen molar-refractivity contribution in [2.75, 3.05) is 0 Å². The lowest BCUT2D eigenvalue weighted by Gasteiger charge is -2.14. The van der Waals surface area contributed by atoms with Crippen molar-refractivity contribution in [3.8, 4) is 0 Å². The zero-order valence-corrected chi connectivity index (χ0v) is 11.9. The highest BCUT2D eigenvalue weighted by molar-refractivity contribution is 7.89. The lowest BCUT2D eigenvalue weighted by molar-refractivity contribution is 0.539. The highest BCUT2D eigenvalue weighted by Crippen LogP contribution is 2.16. The summed E-state index contributed by atoms with van der Waals surface area (Å²) < 4.78 is 27.2. The minimum atomic E-state index is -3.64. The summed E-state index contributed by atoms with van der Waals surface area (Å²) in [6, 6.07) is 2.69. The third kappa shape index (κ3) is 3.21. The molecule has 2 aromatic heterocycles. The van der Waals surface area contributed by atoms with Gasteiger partial charge in [-0.2, -0.15) is 0 Å². The van der Waals surface area contributed by atoms with E-state index in [0.29, 0.717) is 17.9 Å². The Balaban J connectivity index is 2.21. The SMILES string of the molecule is CCC(NS(=O)(=O)c1ccc(CN)nc1)c1ncc[nH]1. The van der Waals surface area contributed by atoms with Crippen molar-refractivity contribution >= 4 is 10.0 Å². The number of nitrogens with two attached hydrogens (primary N) is 1. The van der Waals surface area contributed by atoms with Gasteiger partial charge in [0.2, 0.25) is 10.0 Å². The van der Waals surface area contributed by atoms with Crippen LogP contribution in [0, 0.1) is 0 Å². The number of nitrogens with one attached hydrogen (secondary N) is 2. The monoisotopic (exact) mass is 295 g/mol. The molecular weight excluding hydrogens is 278 g/mol.